The fourth-order valence-electron chi connectivity index (χ4n) is 3.66. The molecule has 7 heteroatoms. The van der Waals surface area contributed by atoms with E-state index in [2.05, 4.69) is 16.0 Å². The Hall–Kier alpha value is -3.95. The molecule has 0 aliphatic rings. The van der Waals surface area contributed by atoms with Crippen LogP contribution in [0.4, 0.5) is 0 Å². The van der Waals surface area contributed by atoms with E-state index in [1.165, 1.54) is 6.07 Å². The summed E-state index contributed by atoms with van der Waals surface area (Å²) in [5, 5.41) is 10.8. The second kappa shape index (κ2) is 6.83. The highest BCUT2D eigenvalue weighted by atomic mass is 35.5. The van der Waals surface area contributed by atoms with Crippen molar-refractivity contribution in [3.63, 3.8) is 0 Å². The van der Waals surface area contributed by atoms with Crippen molar-refractivity contribution in [1.82, 2.24) is 19.4 Å². The van der Waals surface area contributed by atoms with Gasteiger partial charge < -0.3 is 9.38 Å². The molecule has 4 aromatic heterocycles. The number of imidazole rings is 1. The maximum Gasteiger partial charge on any atom is 0.249 e. The Bertz CT molecular complexity index is 1560. The molecule has 30 heavy (non-hydrogen) atoms. The molecule has 0 spiro atoms. The smallest absolute Gasteiger partial charge is 0.249 e. The van der Waals surface area contributed by atoms with Gasteiger partial charge in [0.25, 0.3) is 0 Å². The predicted molar refractivity (Wildman–Crippen MR) is 116 cm³/mol. The first-order valence-electron chi connectivity index (χ1n) is 9.22. The Morgan fingerprint density at radius 3 is 2.87 bits per heavy atom. The van der Waals surface area contributed by atoms with Gasteiger partial charge in [-0.15, -0.1) is 0 Å². The fraction of sp³-hybridized carbons (Fsp3) is 0.0435. The molecule has 0 unspecified atom stereocenters. The van der Waals surface area contributed by atoms with Crippen LogP contribution < -0.4 is 5.56 Å². The summed E-state index contributed by atoms with van der Waals surface area (Å²) in [6.45, 7) is 1.89. The normalized spacial score (nSPS) is 11.1. The molecule has 0 atom stereocenters. The fourth-order valence-corrected chi connectivity index (χ4v) is 3.92. The molecule has 5 rings (SSSR count). The maximum absolute atomic E-state index is 11.8. The minimum atomic E-state index is -0.223. The van der Waals surface area contributed by atoms with Crippen LogP contribution in [-0.4, -0.2) is 19.4 Å². The summed E-state index contributed by atoms with van der Waals surface area (Å²) in [7, 11) is 0. The van der Waals surface area contributed by atoms with Crippen molar-refractivity contribution in [3.05, 3.63) is 87.6 Å². The highest BCUT2D eigenvalue weighted by molar-refractivity contribution is 6.33. The molecule has 1 N–H and O–H groups in total. The first-order chi connectivity index (χ1) is 14.5. The van der Waals surface area contributed by atoms with E-state index in [1.54, 1.807) is 18.3 Å². The van der Waals surface area contributed by atoms with Gasteiger partial charge in [-0.05, 0) is 36.8 Å². The van der Waals surface area contributed by atoms with E-state index < -0.39 is 0 Å². The summed E-state index contributed by atoms with van der Waals surface area (Å²) in [5.41, 5.74) is 5.49. The van der Waals surface area contributed by atoms with Gasteiger partial charge in [0.15, 0.2) is 5.65 Å². The molecule has 0 aliphatic heterocycles. The molecule has 1 aromatic carbocycles. The minimum Gasteiger partial charge on any atom is -0.307 e. The third-order valence-corrected chi connectivity index (χ3v) is 5.45. The lowest BCUT2D eigenvalue weighted by molar-refractivity contribution is 1.18. The van der Waals surface area contributed by atoms with E-state index >= 15 is 0 Å². The second-order valence-corrected chi connectivity index (χ2v) is 7.38. The van der Waals surface area contributed by atoms with Gasteiger partial charge in [-0.25, -0.2) is 9.97 Å². The maximum atomic E-state index is 11.8. The molecule has 0 amide bonds. The van der Waals surface area contributed by atoms with Crippen LogP contribution in [0, 0.1) is 18.3 Å². The van der Waals surface area contributed by atoms with E-state index in [1.807, 2.05) is 48.0 Å². The number of nitriles is 1. The molecule has 144 valence electrons. The topological polar surface area (TPSA) is 86.8 Å². The number of fused-ring (bicyclic) bond motifs is 2. The van der Waals surface area contributed by atoms with Crippen molar-refractivity contribution in [1.29, 1.82) is 5.26 Å². The molecule has 6 nitrogen and oxygen atoms in total. The van der Waals surface area contributed by atoms with Crippen molar-refractivity contribution >= 4 is 28.3 Å². The largest absolute Gasteiger partial charge is 0.307 e. The Labute approximate surface area is 176 Å². The molecule has 4 heterocycles. The summed E-state index contributed by atoms with van der Waals surface area (Å²) in [6, 6.07) is 14.8. The van der Waals surface area contributed by atoms with E-state index in [0.29, 0.717) is 27.6 Å². The number of pyridine rings is 3. The zero-order valence-electron chi connectivity index (χ0n) is 15.8. The number of aromatic amines is 1. The summed E-state index contributed by atoms with van der Waals surface area (Å²) in [4.78, 5) is 23.7. The average molecular weight is 412 g/mol. The first-order valence-corrected chi connectivity index (χ1v) is 9.60. The van der Waals surface area contributed by atoms with Crippen LogP contribution in [0.25, 0.3) is 39.1 Å². The summed E-state index contributed by atoms with van der Waals surface area (Å²) in [6.07, 6.45) is 5.46. The van der Waals surface area contributed by atoms with Crippen LogP contribution in [0.5, 0.6) is 0 Å². The number of rotatable bonds is 2. The molecule has 5 aromatic rings. The number of nitrogens with one attached hydrogen (secondary N) is 1. The van der Waals surface area contributed by atoms with Crippen LogP contribution in [0.1, 0.15) is 11.1 Å². The number of aromatic nitrogens is 4. The number of hydrogen-bond donors (Lipinski definition) is 1. The van der Waals surface area contributed by atoms with Crippen molar-refractivity contribution in [2.45, 2.75) is 6.92 Å². The number of benzene rings is 1. The van der Waals surface area contributed by atoms with E-state index in [0.717, 1.165) is 27.6 Å². The zero-order valence-corrected chi connectivity index (χ0v) is 16.6. The molecule has 0 bridgehead atoms. The van der Waals surface area contributed by atoms with Crippen LogP contribution >= 0.6 is 11.6 Å². The van der Waals surface area contributed by atoms with E-state index in [4.69, 9.17) is 16.6 Å². The molecule has 0 radical (unpaired) electrons. The van der Waals surface area contributed by atoms with E-state index in [9.17, 15) is 10.1 Å². The van der Waals surface area contributed by atoms with Crippen molar-refractivity contribution in [2.75, 3.05) is 0 Å². The number of nitrogens with zero attached hydrogens (tertiary/aromatic N) is 4. The summed E-state index contributed by atoms with van der Waals surface area (Å²) >= 11 is 6.48. The third kappa shape index (κ3) is 2.84. The quantitative estimate of drug-likeness (QED) is 0.454. The molecule has 0 saturated heterocycles. The zero-order chi connectivity index (χ0) is 20.8. The predicted octanol–water partition coefficient (Wildman–Crippen LogP) is 4.74. The number of hydrogen-bond acceptors (Lipinski definition) is 4. The molecule has 0 fully saturated rings. The van der Waals surface area contributed by atoms with Crippen LogP contribution in [0.2, 0.25) is 5.02 Å². The first kappa shape index (κ1) is 18.1. The van der Waals surface area contributed by atoms with Gasteiger partial charge in [-0.2, -0.15) is 5.26 Å². The van der Waals surface area contributed by atoms with Gasteiger partial charge in [-0.1, -0.05) is 23.7 Å². The lowest BCUT2D eigenvalue weighted by Gasteiger charge is -2.14. The highest BCUT2D eigenvalue weighted by Gasteiger charge is 2.17. The SMILES string of the molecule is Cc1c(C#N)cccc1-c1nc2[nH]c(=O)ccc2cc1-c1cc(Cl)c2nccn2c1. The second-order valence-electron chi connectivity index (χ2n) is 6.97. The Morgan fingerprint density at radius 1 is 1.17 bits per heavy atom. The van der Waals surface area contributed by atoms with Crippen LogP contribution in [0.3, 0.4) is 0 Å². The Morgan fingerprint density at radius 2 is 2.03 bits per heavy atom. The molecule has 0 aliphatic carbocycles. The van der Waals surface area contributed by atoms with Crippen molar-refractivity contribution < 1.29 is 0 Å². The lowest BCUT2D eigenvalue weighted by Crippen LogP contribution is -2.05. The molecule has 0 saturated carbocycles. The van der Waals surface area contributed by atoms with Gasteiger partial charge >= 0.3 is 0 Å². The van der Waals surface area contributed by atoms with Crippen LogP contribution in [-0.2, 0) is 0 Å². The summed E-state index contributed by atoms with van der Waals surface area (Å²) < 4.78 is 1.86. The minimum absolute atomic E-state index is 0.223. The van der Waals surface area contributed by atoms with Crippen molar-refractivity contribution in [3.8, 4) is 28.5 Å². The van der Waals surface area contributed by atoms with Gasteiger partial charge in [0, 0.05) is 46.7 Å². The molecular formula is C23H14ClN5O. The monoisotopic (exact) mass is 411 g/mol. The lowest BCUT2D eigenvalue weighted by atomic mass is 9.94. The average Bonchev–Trinajstić information content (AvgIpc) is 3.22. The van der Waals surface area contributed by atoms with Gasteiger partial charge in [0.1, 0.15) is 5.65 Å². The van der Waals surface area contributed by atoms with Crippen molar-refractivity contribution in [2.24, 2.45) is 0 Å². The van der Waals surface area contributed by atoms with Crippen LogP contribution in [0.15, 0.2) is 65.8 Å². The third-order valence-electron chi connectivity index (χ3n) is 5.17. The van der Waals surface area contributed by atoms with E-state index in [-0.39, 0.29) is 5.56 Å². The van der Waals surface area contributed by atoms with Gasteiger partial charge in [0.2, 0.25) is 5.56 Å². The Kier molecular flexibility index (Phi) is 4.12. The highest BCUT2D eigenvalue weighted by Crippen LogP contribution is 2.36. The molecular weight excluding hydrogens is 398 g/mol. The number of H-pyrrole nitrogens is 1. The Balaban J connectivity index is 1.88. The van der Waals surface area contributed by atoms with Gasteiger partial charge in [0.05, 0.1) is 22.3 Å². The summed E-state index contributed by atoms with van der Waals surface area (Å²) in [5.74, 6) is 0. The number of halogens is 1. The van der Waals surface area contributed by atoms with Gasteiger partial charge in [-0.3, -0.25) is 4.79 Å². The standard InChI is InChI=1S/C23H14ClN5O/c1-13-15(11-25)3-2-4-17(13)21-18(9-14-5-6-20(30)27-22(14)28-21)16-10-19(24)23-26-7-8-29(23)12-16/h2-10,12H,1H3,(H,27,28,30).